The lowest BCUT2D eigenvalue weighted by molar-refractivity contribution is -0.383. The lowest BCUT2D eigenvalue weighted by Gasteiger charge is -2.50. The maximum Gasteiger partial charge on any atom is 0.426 e. The van der Waals surface area contributed by atoms with E-state index in [1.165, 1.54) is 41.7 Å². The smallest absolute Gasteiger partial charge is 0.426 e. The topological polar surface area (TPSA) is 51.2 Å². The maximum atomic E-state index is 13.6. The molecule has 5 nitrogen and oxygen atoms in total. The summed E-state index contributed by atoms with van der Waals surface area (Å²) in [6, 6.07) is 6.58. The van der Waals surface area contributed by atoms with Crippen molar-refractivity contribution in [2.75, 3.05) is 45.7 Å². The minimum Gasteiger partial charge on any atom is -0.492 e. The standard InChI is InChI=1S/C36H55F6NO4S2/c1-4-17-34(35(37,38)39,36(40,41)42)47-22-9-21-46-32-15-14-31-30-12-10-26-25-27(11-13-28(26)29(30)16-18-33(31,32)2)45-23-20-43(3)19-7-5-6-8-24-48-49-44/h11,13,25,29-32,44H,4-10,12,14-24H2,1-3H3/t29-,30-,31+,32+,33+/m1/s1. The zero-order chi connectivity index (χ0) is 35.7. The van der Waals surface area contributed by atoms with E-state index in [0.717, 1.165) is 87.0 Å². The van der Waals surface area contributed by atoms with Crippen LogP contribution < -0.4 is 4.74 Å². The van der Waals surface area contributed by atoms with Crippen LogP contribution in [0.15, 0.2) is 18.2 Å². The minimum atomic E-state index is -5.54. The van der Waals surface area contributed by atoms with E-state index in [9.17, 15) is 26.3 Å². The summed E-state index contributed by atoms with van der Waals surface area (Å²) in [5, 5.41) is 0. The summed E-state index contributed by atoms with van der Waals surface area (Å²) in [6.07, 6.45) is -1.98. The second-order valence-electron chi connectivity index (χ2n) is 14.5. The fraction of sp³-hybridized carbons (Fsp3) is 0.833. The van der Waals surface area contributed by atoms with Gasteiger partial charge in [0.05, 0.1) is 23.8 Å². The number of benzene rings is 1. The van der Waals surface area contributed by atoms with Gasteiger partial charge in [0.15, 0.2) is 0 Å². The molecule has 0 saturated heterocycles. The Labute approximate surface area is 296 Å². The van der Waals surface area contributed by atoms with E-state index in [1.54, 1.807) is 0 Å². The molecule has 1 aromatic rings. The van der Waals surface area contributed by atoms with Crippen LogP contribution in [0.4, 0.5) is 26.3 Å². The predicted molar refractivity (Wildman–Crippen MR) is 185 cm³/mol. The van der Waals surface area contributed by atoms with E-state index in [2.05, 4.69) is 41.8 Å². The molecule has 0 aromatic heterocycles. The predicted octanol–water partition coefficient (Wildman–Crippen LogP) is 10.7. The molecular formula is C36H55F6NO4S2. The Morgan fingerprint density at radius 2 is 1.67 bits per heavy atom. The first kappa shape index (κ1) is 40.9. The molecule has 1 aromatic carbocycles. The highest BCUT2D eigenvalue weighted by Gasteiger charge is 2.71. The molecule has 0 radical (unpaired) electrons. The van der Waals surface area contributed by atoms with E-state index in [0.29, 0.717) is 24.4 Å². The van der Waals surface area contributed by atoms with Crippen molar-refractivity contribution in [1.82, 2.24) is 4.90 Å². The third-order valence-electron chi connectivity index (χ3n) is 11.4. The summed E-state index contributed by atoms with van der Waals surface area (Å²) in [7, 11) is 3.63. The van der Waals surface area contributed by atoms with Gasteiger partial charge in [0.25, 0.3) is 5.60 Å². The maximum absolute atomic E-state index is 13.6. The summed E-state index contributed by atoms with van der Waals surface area (Å²) in [5.74, 6) is 3.39. The SMILES string of the molecule is CCCC(OCCCO[C@H]1CC[C@H]2[C@@H]3CCc4cc(OCCN(C)CCCCCCSSO)ccc4[C@H]3CC[C@]12C)(C(F)(F)F)C(F)(F)F. The van der Waals surface area contributed by atoms with Crippen LogP contribution in [-0.4, -0.2) is 79.2 Å². The Kier molecular flexibility index (Phi) is 15.2. The van der Waals surface area contributed by atoms with Crippen LogP contribution in [0, 0.1) is 17.3 Å². The number of likely N-dealkylation sites (N-methyl/N-ethyl adjacent to an activating group) is 1. The van der Waals surface area contributed by atoms with Gasteiger partial charge in [-0.1, -0.05) is 50.0 Å². The summed E-state index contributed by atoms with van der Waals surface area (Å²) in [6.45, 7) is 5.52. The average molecular weight is 744 g/mol. The largest absolute Gasteiger partial charge is 0.492 e. The third-order valence-corrected chi connectivity index (χ3v) is 12.8. The summed E-state index contributed by atoms with van der Waals surface area (Å²) >= 11 is 0.842. The second kappa shape index (κ2) is 18.3. The Morgan fingerprint density at radius 1 is 0.918 bits per heavy atom. The number of ether oxygens (including phenoxy) is 3. The molecule has 49 heavy (non-hydrogen) atoms. The van der Waals surface area contributed by atoms with E-state index in [4.69, 9.17) is 14.0 Å². The third kappa shape index (κ3) is 9.97. The van der Waals surface area contributed by atoms with Crippen LogP contribution >= 0.6 is 21.9 Å². The van der Waals surface area contributed by atoms with Crippen molar-refractivity contribution in [1.29, 1.82) is 0 Å². The van der Waals surface area contributed by atoms with Gasteiger partial charge in [-0.25, -0.2) is 0 Å². The second-order valence-corrected chi connectivity index (χ2v) is 16.4. The Bertz CT molecular complexity index is 1140. The Balaban J connectivity index is 1.22. The number of nitrogens with zero attached hydrogens (tertiary/aromatic N) is 1. The lowest BCUT2D eigenvalue weighted by atomic mass is 9.55. The summed E-state index contributed by atoms with van der Waals surface area (Å²) in [4.78, 5) is 2.31. The molecule has 3 aliphatic rings. The van der Waals surface area contributed by atoms with Crippen LogP contribution in [0.3, 0.4) is 0 Å². The van der Waals surface area contributed by atoms with Gasteiger partial charge in [-0.05, 0) is 124 Å². The number of fused-ring (bicyclic) bond motifs is 5. The van der Waals surface area contributed by atoms with E-state index >= 15 is 0 Å². The molecule has 0 heterocycles. The first-order valence-corrected chi connectivity index (χ1v) is 20.3. The van der Waals surface area contributed by atoms with Crippen molar-refractivity contribution in [3.63, 3.8) is 0 Å². The molecule has 4 rings (SSSR count). The Morgan fingerprint density at radius 3 is 2.39 bits per heavy atom. The van der Waals surface area contributed by atoms with Gasteiger partial charge in [0, 0.05) is 18.9 Å². The Hall–Kier alpha value is -0.860. The number of unbranched alkanes of at least 4 members (excludes halogenated alkanes) is 3. The van der Waals surface area contributed by atoms with Gasteiger partial charge in [-0.3, -0.25) is 0 Å². The van der Waals surface area contributed by atoms with Crippen molar-refractivity contribution in [3.05, 3.63) is 29.3 Å². The quantitative estimate of drug-likeness (QED) is 0.0618. The first-order chi connectivity index (χ1) is 23.3. The summed E-state index contributed by atoms with van der Waals surface area (Å²) < 4.78 is 107. The highest BCUT2D eigenvalue weighted by molar-refractivity contribution is 8.74. The molecule has 13 heteroatoms. The average Bonchev–Trinajstić information content (AvgIpc) is 3.38. The molecule has 282 valence electrons. The molecule has 5 atom stereocenters. The van der Waals surface area contributed by atoms with E-state index in [1.807, 2.05) is 0 Å². The highest BCUT2D eigenvalue weighted by atomic mass is 33.1. The van der Waals surface area contributed by atoms with Gasteiger partial charge in [-0.15, -0.1) is 0 Å². The molecule has 0 spiro atoms. The number of alkyl halides is 6. The zero-order valence-corrected chi connectivity index (χ0v) is 30.8. The van der Waals surface area contributed by atoms with Gasteiger partial charge in [0.2, 0.25) is 0 Å². The minimum absolute atomic E-state index is 0.0273. The number of hydrogen-bond donors (Lipinski definition) is 1. The number of hydrogen-bond acceptors (Lipinski definition) is 7. The number of halogens is 6. The highest BCUT2D eigenvalue weighted by Crippen LogP contribution is 2.61. The van der Waals surface area contributed by atoms with Gasteiger partial charge >= 0.3 is 12.4 Å². The van der Waals surface area contributed by atoms with Crippen LogP contribution in [0.2, 0.25) is 0 Å². The number of aryl methyl sites for hydroxylation is 1. The molecule has 0 bridgehead atoms. The molecule has 0 unspecified atom stereocenters. The van der Waals surface area contributed by atoms with Gasteiger partial charge < -0.3 is 23.7 Å². The van der Waals surface area contributed by atoms with Crippen LogP contribution in [0.25, 0.3) is 0 Å². The van der Waals surface area contributed by atoms with Crippen LogP contribution in [-0.2, 0) is 15.9 Å². The molecule has 1 N–H and O–H groups in total. The van der Waals surface area contributed by atoms with Crippen molar-refractivity contribution >= 4 is 21.9 Å². The molecular weight excluding hydrogens is 689 g/mol. The molecule has 0 aliphatic heterocycles. The lowest BCUT2D eigenvalue weighted by Crippen LogP contribution is -2.58. The van der Waals surface area contributed by atoms with Gasteiger partial charge in [0.1, 0.15) is 12.4 Å². The summed E-state index contributed by atoms with van der Waals surface area (Å²) in [5.41, 5.74) is -1.41. The monoisotopic (exact) mass is 743 g/mol. The molecule has 3 aliphatic carbocycles. The van der Waals surface area contributed by atoms with Gasteiger partial charge in [-0.2, -0.15) is 26.3 Å². The van der Waals surface area contributed by atoms with Crippen molar-refractivity contribution in [2.24, 2.45) is 17.3 Å². The van der Waals surface area contributed by atoms with E-state index < -0.39 is 31.0 Å². The van der Waals surface area contributed by atoms with Crippen LogP contribution in [0.5, 0.6) is 5.75 Å². The van der Waals surface area contributed by atoms with Crippen molar-refractivity contribution in [2.45, 2.75) is 127 Å². The molecule has 0 amide bonds. The normalized spacial score (nSPS) is 25.7. The zero-order valence-electron chi connectivity index (χ0n) is 29.2. The first-order valence-electron chi connectivity index (χ1n) is 18.0. The fourth-order valence-corrected chi connectivity index (χ4v) is 9.78. The van der Waals surface area contributed by atoms with Crippen molar-refractivity contribution in [3.8, 4) is 5.75 Å². The van der Waals surface area contributed by atoms with Crippen LogP contribution in [0.1, 0.15) is 108 Å². The number of rotatable bonds is 20. The van der Waals surface area contributed by atoms with E-state index in [-0.39, 0.29) is 31.0 Å². The molecule has 2 fully saturated rings. The van der Waals surface area contributed by atoms with Crippen molar-refractivity contribution < 1.29 is 45.1 Å². The molecule has 2 saturated carbocycles. The fourth-order valence-electron chi connectivity index (χ4n) is 8.80.